The molecule has 0 aliphatic rings. The lowest BCUT2D eigenvalue weighted by molar-refractivity contribution is -0.136. The van der Waals surface area contributed by atoms with E-state index in [2.05, 4.69) is 15.6 Å². The van der Waals surface area contributed by atoms with Crippen LogP contribution >= 0.6 is 0 Å². The van der Waals surface area contributed by atoms with Gasteiger partial charge in [-0.25, -0.2) is 4.98 Å². The number of hydrogen-bond donors (Lipinski definition) is 3. The highest BCUT2D eigenvalue weighted by molar-refractivity contribution is 6.39. The lowest BCUT2D eigenvalue weighted by atomic mass is 10.2. The van der Waals surface area contributed by atoms with Crippen LogP contribution in [-0.4, -0.2) is 34.6 Å². The average molecular weight is 251 g/mol. The number of nitrogens with zero attached hydrogens (tertiary/aromatic N) is 1. The van der Waals surface area contributed by atoms with Crippen molar-refractivity contribution in [2.45, 2.75) is 26.3 Å². The molecule has 1 unspecified atom stereocenters. The summed E-state index contributed by atoms with van der Waals surface area (Å²) in [6.45, 7) is 3.40. The summed E-state index contributed by atoms with van der Waals surface area (Å²) >= 11 is 0. The fourth-order valence-corrected chi connectivity index (χ4v) is 1.31. The predicted octanol–water partition coefficient (Wildman–Crippen LogP) is 0.216. The number of rotatable bonds is 4. The largest absolute Gasteiger partial charge is 0.394 e. The number of pyridine rings is 1. The molecule has 1 atom stereocenters. The minimum Gasteiger partial charge on any atom is -0.394 e. The van der Waals surface area contributed by atoms with Crippen LogP contribution in [0.1, 0.15) is 19.0 Å². The van der Waals surface area contributed by atoms with Gasteiger partial charge in [-0.15, -0.1) is 0 Å². The number of carbonyl (C=O) groups is 2. The zero-order chi connectivity index (χ0) is 13.5. The van der Waals surface area contributed by atoms with Crippen molar-refractivity contribution in [1.29, 1.82) is 0 Å². The molecule has 6 nitrogen and oxygen atoms in total. The number of aliphatic hydroxyl groups excluding tert-OH is 1. The summed E-state index contributed by atoms with van der Waals surface area (Å²) in [6.07, 6.45) is 0.554. The second-order valence-electron chi connectivity index (χ2n) is 3.88. The first-order valence-corrected chi connectivity index (χ1v) is 5.73. The highest BCUT2D eigenvalue weighted by atomic mass is 16.3. The monoisotopic (exact) mass is 251 g/mol. The Morgan fingerprint density at radius 3 is 2.67 bits per heavy atom. The van der Waals surface area contributed by atoms with Crippen LogP contribution in [0.3, 0.4) is 0 Å². The molecule has 1 rings (SSSR count). The zero-order valence-electron chi connectivity index (χ0n) is 10.4. The summed E-state index contributed by atoms with van der Waals surface area (Å²) in [5, 5.41) is 13.7. The van der Waals surface area contributed by atoms with Crippen molar-refractivity contribution in [2.75, 3.05) is 11.9 Å². The van der Waals surface area contributed by atoms with Gasteiger partial charge in [0.2, 0.25) is 0 Å². The number of anilines is 1. The van der Waals surface area contributed by atoms with Crippen LogP contribution in [0.15, 0.2) is 18.2 Å². The van der Waals surface area contributed by atoms with Gasteiger partial charge in [-0.05, 0) is 25.5 Å². The minimum absolute atomic E-state index is 0.196. The Hall–Kier alpha value is -1.95. The van der Waals surface area contributed by atoms with Gasteiger partial charge in [-0.2, -0.15) is 0 Å². The Balaban J connectivity index is 2.57. The number of aliphatic hydroxyl groups is 1. The Kier molecular flexibility index (Phi) is 5.26. The maximum absolute atomic E-state index is 11.5. The molecule has 0 aliphatic carbocycles. The molecule has 0 bridgehead atoms. The highest BCUT2D eigenvalue weighted by Gasteiger charge is 2.17. The van der Waals surface area contributed by atoms with E-state index in [4.69, 9.17) is 5.11 Å². The van der Waals surface area contributed by atoms with Crippen LogP contribution in [0.4, 0.5) is 5.82 Å². The molecular formula is C12H17N3O3. The second-order valence-corrected chi connectivity index (χ2v) is 3.88. The Labute approximate surface area is 105 Å². The molecule has 3 N–H and O–H groups in total. The molecule has 1 aromatic heterocycles. The van der Waals surface area contributed by atoms with Crippen LogP contribution < -0.4 is 10.6 Å². The van der Waals surface area contributed by atoms with Crippen molar-refractivity contribution in [1.82, 2.24) is 10.3 Å². The molecule has 2 amide bonds. The highest BCUT2D eigenvalue weighted by Crippen LogP contribution is 2.03. The standard InChI is InChI=1S/C12H17N3O3/c1-3-9(7-16)14-11(17)12(18)15-10-6-4-5-8(2)13-10/h4-6,9,16H,3,7H2,1-2H3,(H,14,17)(H,13,15,18). The Morgan fingerprint density at radius 2 is 2.11 bits per heavy atom. The molecule has 98 valence electrons. The van der Waals surface area contributed by atoms with Crippen molar-refractivity contribution in [2.24, 2.45) is 0 Å². The van der Waals surface area contributed by atoms with E-state index >= 15 is 0 Å². The van der Waals surface area contributed by atoms with Gasteiger partial charge in [0.25, 0.3) is 0 Å². The average Bonchev–Trinajstić information content (AvgIpc) is 2.35. The van der Waals surface area contributed by atoms with Crippen molar-refractivity contribution >= 4 is 17.6 Å². The van der Waals surface area contributed by atoms with E-state index in [0.29, 0.717) is 12.2 Å². The van der Waals surface area contributed by atoms with Crippen molar-refractivity contribution in [3.8, 4) is 0 Å². The number of nitrogens with one attached hydrogen (secondary N) is 2. The molecule has 0 radical (unpaired) electrons. The minimum atomic E-state index is -0.792. The number of aryl methyl sites for hydroxylation is 1. The van der Waals surface area contributed by atoms with Gasteiger partial charge in [0.05, 0.1) is 12.6 Å². The first kappa shape index (κ1) is 14.1. The molecule has 1 aromatic rings. The van der Waals surface area contributed by atoms with E-state index in [0.717, 1.165) is 5.69 Å². The number of hydrogen-bond acceptors (Lipinski definition) is 4. The van der Waals surface area contributed by atoms with E-state index < -0.39 is 17.9 Å². The first-order chi connectivity index (χ1) is 8.56. The lowest BCUT2D eigenvalue weighted by Crippen LogP contribution is -2.43. The van der Waals surface area contributed by atoms with Gasteiger partial charge < -0.3 is 15.7 Å². The molecule has 6 heteroatoms. The zero-order valence-corrected chi connectivity index (χ0v) is 10.4. The summed E-state index contributed by atoms with van der Waals surface area (Å²) in [5.41, 5.74) is 0.745. The molecule has 0 saturated carbocycles. The summed E-state index contributed by atoms with van der Waals surface area (Å²) in [5.74, 6) is -1.24. The van der Waals surface area contributed by atoms with Crippen LogP contribution in [0.5, 0.6) is 0 Å². The van der Waals surface area contributed by atoms with Crippen molar-refractivity contribution in [3.63, 3.8) is 0 Å². The van der Waals surface area contributed by atoms with Crippen LogP contribution in [0.25, 0.3) is 0 Å². The van der Waals surface area contributed by atoms with E-state index in [1.165, 1.54) is 0 Å². The normalized spacial score (nSPS) is 11.7. The van der Waals surface area contributed by atoms with E-state index in [1.807, 2.05) is 0 Å². The second kappa shape index (κ2) is 6.70. The van der Waals surface area contributed by atoms with Crippen LogP contribution in [0, 0.1) is 6.92 Å². The molecule has 0 fully saturated rings. The van der Waals surface area contributed by atoms with E-state index in [9.17, 15) is 9.59 Å². The fraction of sp³-hybridized carbons (Fsp3) is 0.417. The van der Waals surface area contributed by atoms with Crippen molar-refractivity contribution < 1.29 is 14.7 Å². The van der Waals surface area contributed by atoms with Crippen LogP contribution in [-0.2, 0) is 9.59 Å². The summed E-state index contributed by atoms with van der Waals surface area (Å²) in [6, 6.07) is 4.71. The Morgan fingerprint density at radius 1 is 1.39 bits per heavy atom. The molecule has 0 saturated heterocycles. The lowest BCUT2D eigenvalue weighted by Gasteiger charge is -2.13. The summed E-state index contributed by atoms with van der Waals surface area (Å²) in [4.78, 5) is 27.1. The maximum atomic E-state index is 11.5. The molecule has 0 aromatic carbocycles. The Bertz CT molecular complexity index is 430. The number of amides is 2. The first-order valence-electron chi connectivity index (χ1n) is 5.73. The van der Waals surface area contributed by atoms with Gasteiger partial charge in [0, 0.05) is 5.69 Å². The SMILES string of the molecule is CCC(CO)NC(=O)C(=O)Nc1cccc(C)n1. The van der Waals surface area contributed by atoms with Gasteiger partial charge in [-0.1, -0.05) is 13.0 Å². The van der Waals surface area contributed by atoms with Crippen LogP contribution in [0.2, 0.25) is 0 Å². The van der Waals surface area contributed by atoms with E-state index in [-0.39, 0.29) is 6.61 Å². The molecule has 18 heavy (non-hydrogen) atoms. The van der Waals surface area contributed by atoms with E-state index in [1.54, 1.807) is 32.0 Å². The maximum Gasteiger partial charge on any atom is 0.314 e. The predicted molar refractivity (Wildman–Crippen MR) is 66.9 cm³/mol. The third kappa shape index (κ3) is 4.14. The topological polar surface area (TPSA) is 91.3 Å². The van der Waals surface area contributed by atoms with Gasteiger partial charge in [-0.3, -0.25) is 9.59 Å². The van der Waals surface area contributed by atoms with Crippen molar-refractivity contribution in [3.05, 3.63) is 23.9 Å². The quantitative estimate of drug-likeness (QED) is 0.667. The molecule has 0 spiro atoms. The van der Waals surface area contributed by atoms with Gasteiger partial charge in [0.1, 0.15) is 5.82 Å². The third-order valence-electron chi connectivity index (χ3n) is 2.38. The van der Waals surface area contributed by atoms with Gasteiger partial charge in [0.15, 0.2) is 0 Å². The fourth-order valence-electron chi connectivity index (χ4n) is 1.31. The summed E-state index contributed by atoms with van der Waals surface area (Å²) in [7, 11) is 0. The smallest absolute Gasteiger partial charge is 0.314 e. The van der Waals surface area contributed by atoms with Gasteiger partial charge >= 0.3 is 11.8 Å². The molecular weight excluding hydrogens is 234 g/mol. The number of aromatic nitrogens is 1. The third-order valence-corrected chi connectivity index (χ3v) is 2.38. The number of carbonyl (C=O) groups excluding carboxylic acids is 2. The summed E-state index contributed by atoms with van der Waals surface area (Å²) < 4.78 is 0. The molecule has 1 heterocycles. The molecule has 0 aliphatic heterocycles.